The molecule has 3 nitrogen and oxygen atoms in total. The fraction of sp³-hybridized carbons (Fsp3) is 0.600. The molecule has 1 atom stereocenters. The lowest BCUT2D eigenvalue weighted by Gasteiger charge is -2.08. The second kappa shape index (κ2) is 2.44. The lowest BCUT2D eigenvalue weighted by atomic mass is 9.95. The number of rotatable bonds is 2. The van der Waals surface area contributed by atoms with Gasteiger partial charge in [-0.05, 0) is 6.92 Å². The molecule has 0 bridgehead atoms. The van der Waals surface area contributed by atoms with Gasteiger partial charge in [-0.3, -0.25) is 4.79 Å². The normalized spacial score (nSPS) is 15.7. The van der Waals surface area contributed by atoms with E-state index in [1.54, 1.807) is 0 Å². The van der Waals surface area contributed by atoms with Gasteiger partial charge in [0.1, 0.15) is 6.67 Å². The Balaban J connectivity index is 4.33. The zero-order valence-electron chi connectivity index (χ0n) is 4.89. The van der Waals surface area contributed by atoms with Crippen molar-refractivity contribution in [2.24, 2.45) is 5.41 Å². The lowest BCUT2D eigenvalue weighted by molar-refractivity contribution is -0.145. The van der Waals surface area contributed by atoms with Gasteiger partial charge in [-0.15, -0.1) is 0 Å². The van der Waals surface area contributed by atoms with Crippen molar-refractivity contribution < 1.29 is 14.3 Å². The molecule has 50 valence electrons. The van der Waals surface area contributed by atoms with Crippen molar-refractivity contribution in [1.29, 1.82) is 5.26 Å². The van der Waals surface area contributed by atoms with Crippen LogP contribution in [0.15, 0.2) is 0 Å². The van der Waals surface area contributed by atoms with E-state index < -0.39 is 18.1 Å². The third-order valence-electron chi connectivity index (χ3n) is 0.986. The first-order valence-electron chi connectivity index (χ1n) is 2.27. The van der Waals surface area contributed by atoms with Gasteiger partial charge in [-0.25, -0.2) is 4.39 Å². The molecule has 0 fully saturated rings. The number of aliphatic carboxylic acids is 1. The van der Waals surface area contributed by atoms with Crippen LogP contribution in [0.25, 0.3) is 0 Å². The van der Waals surface area contributed by atoms with Gasteiger partial charge in [0, 0.05) is 0 Å². The molecular weight excluding hydrogens is 125 g/mol. The number of nitriles is 1. The molecule has 1 N–H and O–H groups in total. The van der Waals surface area contributed by atoms with Gasteiger partial charge in [-0.1, -0.05) is 0 Å². The van der Waals surface area contributed by atoms with E-state index in [0.717, 1.165) is 6.92 Å². The molecule has 0 rings (SSSR count). The molecule has 0 aliphatic carbocycles. The van der Waals surface area contributed by atoms with Crippen molar-refractivity contribution in [1.82, 2.24) is 0 Å². The van der Waals surface area contributed by atoms with Gasteiger partial charge in [0.05, 0.1) is 6.07 Å². The molecule has 9 heavy (non-hydrogen) atoms. The zero-order valence-corrected chi connectivity index (χ0v) is 4.89. The van der Waals surface area contributed by atoms with Crippen molar-refractivity contribution in [2.75, 3.05) is 6.67 Å². The Hall–Kier alpha value is -1.11. The Morgan fingerprint density at radius 1 is 2.00 bits per heavy atom. The molecule has 0 aromatic heterocycles. The molecule has 0 heterocycles. The largest absolute Gasteiger partial charge is 0.480 e. The van der Waals surface area contributed by atoms with Crippen LogP contribution < -0.4 is 0 Å². The Labute approximate surface area is 51.7 Å². The van der Waals surface area contributed by atoms with E-state index in [2.05, 4.69) is 0 Å². The van der Waals surface area contributed by atoms with Crippen LogP contribution in [0.2, 0.25) is 0 Å². The van der Waals surface area contributed by atoms with Crippen LogP contribution in [0, 0.1) is 16.7 Å². The molecule has 0 aliphatic rings. The molecule has 0 aromatic carbocycles. The highest BCUT2D eigenvalue weighted by molar-refractivity contribution is 5.77. The molecule has 0 saturated heterocycles. The smallest absolute Gasteiger partial charge is 0.326 e. The molecule has 0 aliphatic heterocycles. The van der Waals surface area contributed by atoms with Crippen LogP contribution in [0.5, 0.6) is 0 Å². The van der Waals surface area contributed by atoms with Gasteiger partial charge in [-0.2, -0.15) is 5.26 Å². The fourth-order valence-corrected chi connectivity index (χ4v) is 0.135. The van der Waals surface area contributed by atoms with E-state index in [4.69, 9.17) is 10.4 Å². The van der Waals surface area contributed by atoms with E-state index in [0.29, 0.717) is 0 Å². The average Bonchev–Trinajstić information content (AvgIpc) is 1.86. The molecule has 4 heteroatoms. The summed E-state index contributed by atoms with van der Waals surface area (Å²) in [4.78, 5) is 10.0. The van der Waals surface area contributed by atoms with E-state index in [9.17, 15) is 9.18 Å². The standard InChI is InChI=1S/C5H6FNO2/c1-5(2-6,3-7)4(8)9/h2H2,1H3,(H,8,9)/t5-/m0/s1. The number of carboxylic acids is 1. The van der Waals surface area contributed by atoms with Crippen molar-refractivity contribution in [3.05, 3.63) is 0 Å². The van der Waals surface area contributed by atoms with Gasteiger partial charge in [0.2, 0.25) is 0 Å². The number of alkyl halides is 1. The third kappa shape index (κ3) is 1.39. The van der Waals surface area contributed by atoms with E-state index in [-0.39, 0.29) is 0 Å². The number of carboxylic acid groups (broad SMARTS) is 1. The Morgan fingerprint density at radius 2 is 2.44 bits per heavy atom. The zero-order chi connectivity index (χ0) is 7.49. The number of hydrogen-bond acceptors (Lipinski definition) is 2. The maximum absolute atomic E-state index is 11.7. The minimum atomic E-state index is -1.86. The van der Waals surface area contributed by atoms with Gasteiger partial charge < -0.3 is 5.11 Å². The molecule has 0 spiro atoms. The van der Waals surface area contributed by atoms with E-state index in [1.807, 2.05) is 0 Å². The average molecular weight is 131 g/mol. The number of halogens is 1. The minimum Gasteiger partial charge on any atom is -0.480 e. The molecule has 0 aromatic rings. The predicted octanol–water partition coefficient (Wildman–Crippen LogP) is 0.570. The highest BCUT2D eigenvalue weighted by Crippen LogP contribution is 2.14. The first-order chi connectivity index (χ1) is 4.06. The van der Waals surface area contributed by atoms with Crippen molar-refractivity contribution >= 4 is 5.97 Å². The van der Waals surface area contributed by atoms with Crippen LogP contribution >= 0.6 is 0 Å². The highest BCUT2D eigenvalue weighted by Gasteiger charge is 2.33. The van der Waals surface area contributed by atoms with Crippen molar-refractivity contribution in [2.45, 2.75) is 6.92 Å². The SMILES string of the molecule is C[C@@](C#N)(CF)C(=O)O. The summed E-state index contributed by atoms with van der Waals surface area (Å²) in [6.45, 7) is -0.117. The summed E-state index contributed by atoms with van der Waals surface area (Å²) in [5.74, 6) is -1.42. The Morgan fingerprint density at radius 3 is 2.44 bits per heavy atom. The summed E-state index contributed by atoms with van der Waals surface area (Å²) in [5, 5.41) is 16.3. The van der Waals surface area contributed by atoms with Crippen LogP contribution in [0.4, 0.5) is 4.39 Å². The Bertz CT molecular complexity index is 163. The number of carbonyl (C=O) groups is 1. The van der Waals surface area contributed by atoms with Crippen molar-refractivity contribution in [3.63, 3.8) is 0 Å². The number of hydrogen-bond donors (Lipinski definition) is 1. The number of nitrogens with zero attached hydrogens (tertiary/aromatic N) is 1. The van der Waals surface area contributed by atoms with Crippen LogP contribution in [0.1, 0.15) is 6.92 Å². The van der Waals surface area contributed by atoms with Gasteiger partial charge in [0.25, 0.3) is 0 Å². The third-order valence-corrected chi connectivity index (χ3v) is 0.986. The monoisotopic (exact) mass is 131 g/mol. The summed E-state index contributed by atoms with van der Waals surface area (Å²) in [7, 11) is 0. The van der Waals surface area contributed by atoms with Crippen LogP contribution in [0.3, 0.4) is 0 Å². The summed E-state index contributed by atoms with van der Waals surface area (Å²) in [6.07, 6.45) is 0. The van der Waals surface area contributed by atoms with Crippen LogP contribution in [-0.2, 0) is 4.79 Å². The first-order valence-corrected chi connectivity index (χ1v) is 2.27. The molecule has 0 radical (unpaired) electrons. The van der Waals surface area contributed by atoms with E-state index >= 15 is 0 Å². The molecule has 0 saturated carbocycles. The maximum Gasteiger partial charge on any atom is 0.326 e. The Kier molecular flexibility index (Phi) is 2.14. The maximum atomic E-state index is 11.7. The summed E-state index contributed by atoms with van der Waals surface area (Å²) in [5.41, 5.74) is -1.86. The van der Waals surface area contributed by atoms with E-state index in [1.165, 1.54) is 6.07 Å². The predicted molar refractivity (Wildman–Crippen MR) is 27.3 cm³/mol. The molecule has 0 unspecified atom stereocenters. The van der Waals surface area contributed by atoms with Gasteiger partial charge in [0.15, 0.2) is 5.41 Å². The van der Waals surface area contributed by atoms with Crippen molar-refractivity contribution in [3.8, 4) is 6.07 Å². The summed E-state index contributed by atoms with van der Waals surface area (Å²) in [6, 6.07) is 1.35. The highest BCUT2D eigenvalue weighted by atomic mass is 19.1. The lowest BCUT2D eigenvalue weighted by Crippen LogP contribution is -2.27. The fourth-order valence-electron chi connectivity index (χ4n) is 0.135. The summed E-state index contributed by atoms with van der Waals surface area (Å²) < 4.78 is 11.7. The van der Waals surface area contributed by atoms with Crippen LogP contribution in [-0.4, -0.2) is 17.8 Å². The van der Waals surface area contributed by atoms with Gasteiger partial charge >= 0.3 is 5.97 Å². The first kappa shape index (κ1) is 7.89. The summed E-state index contributed by atoms with van der Waals surface area (Å²) >= 11 is 0. The minimum absolute atomic E-state index is 1.04. The quantitative estimate of drug-likeness (QED) is 0.595. The second-order valence-corrected chi connectivity index (χ2v) is 1.88. The topological polar surface area (TPSA) is 61.1 Å². The second-order valence-electron chi connectivity index (χ2n) is 1.88. The molecular formula is C5H6FNO2. The molecule has 0 amide bonds.